The van der Waals surface area contributed by atoms with Crippen molar-refractivity contribution in [3.63, 3.8) is 0 Å². The third kappa shape index (κ3) is 4.88. The lowest BCUT2D eigenvalue weighted by molar-refractivity contribution is 0.410. The number of nitrogens with two attached hydrogens (primary N) is 1. The standard InChI is InChI=1S/C27H33N9/c28-19-9-11-20(12-10-19)33-27-34-25(24-26(35-27)36(17-32-24)21-5-1-2-6-21)31-16-18-8-13-23(30-15-18)22-7-3-4-14-29-22/h3-4,7-8,13-15,17,19-21H,1-2,5-6,9-12,16,28H2,(H2,31,33,34,35). The summed E-state index contributed by atoms with van der Waals surface area (Å²) in [4.78, 5) is 23.5. The first-order valence-corrected chi connectivity index (χ1v) is 13.1. The Labute approximate surface area is 211 Å². The van der Waals surface area contributed by atoms with Gasteiger partial charge in [0.25, 0.3) is 0 Å². The van der Waals surface area contributed by atoms with Crippen LogP contribution >= 0.6 is 0 Å². The lowest BCUT2D eigenvalue weighted by Gasteiger charge is -2.27. The highest BCUT2D eigenvalue weighted by atomic mass is 15.2. The van der Waals surface area contributed by atoms with E-state index in [9.17, 15) is 0 Å². The minimum absolute atomic E-state index is 0.310. The fraction of sp³-hybridized carbons (Fsp3) is 0.444. The molecule has 2 fully saturated rings. The lowest BCUT2D eigenvalue weighted by atomic mass is 9.92. The Morgan fingerprint density at radius 1 is 0.889 bits per heavy atom. The van der Waals surface area contributed by atoms with Crippen molar-refractivity contribution in [1.29, 1.82) is 0 Å². The summed E-state index contributed by atoms with van der Waals surface area (Å²) in [5.41, 5.74) is 10.6. The highest BCUT2D eigenvalue weighted by Crippen LogP contribution is 2.33. The largest absolute Gasteiger partial charge is 0.364 e. The Bertz CT molecular complexity index is 1290. The summed E-state index contributed by atoms with van der Waals surface area (Å²) in [6, 6.07) is 11.0. The number of imidazole rings is 1. The van der Waals surface area contributed by atoms with Crippen LogP contribution in [0.25, 0.3) is 22.6 Å². The molecule has 0 atom stereocenters. The molecule has 4 aromatic heterocycles. The van der Waals surface area contributed by atoms with E-state index in [-0.39, 0.29) is 0 Å². The van der Waals surface area contributed by atoms with Crippen molar-refractivity contribution in [3.05, 3.63) is 54.6 Å². The minimum Gasteiger partial charge on any atom is -0.364 e. The smallest absolute Gasteiger partial charge is 0.227 e. The lowest BCUT2D eigenvalue weighted by Crippen LogP contribution is -2.33. The first-order chi connectivity index (χ1) is 17.7. The fourth-order valence-electron chi connectivity index (χ4n) is 5.38. The van der Waals surface area contributed by atoms with Crippen molar-refractivity contribution < 1.29 is 0 Å². The highest BCUT2D eigenvalue weighted by molar-refractivity contribution is 5.84. The molecule has 4 N–H and O–H groups in total. The van der Waals surface area contributed by atoms with Crippen LogP contribution < -0.4 is 16.4 Å². The summed E-state index contributed by atoms with van der Waals surface area (Å²) >= 11 is 0. The van der Waals surface area contributed by atoms with Crippen molar-refractivity contribution in [1.82, 2.24) is 29.5 Å². The van der Waals surface area contributed by atoms with Gasteiger partial charge in [0.05, 0.1) is 17.7 Å². The predicted octanol–water partition coefficient (Wildman–Crippen LogP) is 4.69. The summed E-state index contributed by atoms with van der Waals surface area (Å²) in [6.07, 6.45) is 14.6. The molecule has 0 saturated heterocycles. The maximum atomic E-state index is 6.11. The van der Waals surface area contributed by atoms with Gasteiger partial charge in [-0.2, -0.15) is 9.97 Å². The van der Waals surface area contributed by atoms with Crippen molar-refractivity contribution in [3.8, 4) is 11.4 Å². The predicted molar refractivity (Wildman–Crippen MR) is 141 cm³/mol. The van der Waals surface area contributed by atoms with Gasteiger partial charge in [0.2, 0.25) is 5.95 Å². The zero-order chi connectivity index (χ0) is 24.3. The van der Waals surface area contributed by atoms with Crippen LogP contribution in [0, 0.1) is 0 Å². The molecule has 4 heterocycles. The molecule has 4 aromatic rings. The number of nitrogens with zero attached hydrogens (tertiary/aromatic N) is 6. The van der Waals surface area contributed by atoms with Crippen LogP contribution in [-0.4, -0.2) is 41.6 Å². The Morgan fingerprint density at radius 3 is 2.47 bits per heavy atom. The van der Waals surface area contributed by atoms with Gasteiger partial charge in [-0.05, 0) is 62.3 Å². The zero-order valence-corrected chi connectivity index (χ0v) is 20.5. The molecule has 2 aliphatic carbocycles. The van der Waals surface area contributed by atoms with E-state index in [1.165, 1.54) is 25.7 Å². The van der Waals surface area contributed by atoms with Gasteiger partial charge >= 0.3 is 0 Å². The summed E-state index contributed by atoms with van der Waals surface area (Å²) < 4.78 is 2.25. The van der Waals surface area contributed by atoms with E-state index >= 15 is 0 Å². The average Bonchev–Trinajstić information content (AvgIpc) is 3.60. The van der Waals surface area contributed by atoms with E-state index in [4.69, 9.17) is 20.7 Å². The summed E-state index contributed by atoms with van der Waals surface area (Å²) in [6.45, 7) is 0.593. The number of nitrogens with one attached hydrogen (secondary N) is 2. The van der Waals surface area contributed by atoms with Crippen molar-refractivity contribution in [2.75, 3.05) is 10.6 Å². The zero-order valence-electron chi connectivity index (χ0n) is 20.5. The molecule has 36 heavy (non-hydrogen) atoms. The number of rotatable bonds is 7. The second-order valence-corrected chi connectivity index (χ2v) is 10.0. The summed E-state index contributed by atoms with van der Waals surface area (Å²) in [7, 11) is 0. The molecule has 0 aliphatic heterocycles. The monoisotopic (exact) mass is 483 g/mol. The topological polar surface area (TPSA) is 119 Å². The van der Waals surface area contributed by atoms with Gasteiger partial charge in [0, 0.05) is 37.1 Å². The van der Waals surface area contributed by atoms with E-state index in [1.807, 2.05) is 36.8 Å². The van der Waals surface area contributed by atoms with E-state index in [2.05, 4.69) is 31.2 Å². The van der Waals surface area contributed by atoms with E-state index in [1.54, 1.807) is 6.20 Å². The number of fused-ring (bicyclic) bond motifs is 1. The molecule has 9 nitrogen and oxygen atoms in total. The molecule has 0 amide bonds. The van der Waals surface area contributed by atoms with E-state index < -0.39 is 0 Å². The second kappa shape index (κ2) is 10.2. The molecule has 0 spiro atoms. The molecular formula is C27H33N9. The maximum absolute atomic E-state index is 6.11. The molecule has 2 aliphatic rings. The van der Waals surface area contributed by atoms with Gasteiger partial charge in [-0.25, -0.2) is 4.98 Å². The fourth-order valence-corrected chi connectivity index (χ4v) is 5.38. The van der Waals surface area contributed by atoms with Gasteiger partial charge in [-0.3, -0.25) is 9.97 Å². The van der Waals surface area contributed by atoms with Crippen molar-refractivity contribution in [2.24, 2.45) is 5.73 Å². The Balaban J connectivity index is 1.25. The van der Waals surface area contributed by atoms with Crippen LogP contribution in [-0.2, 0) is 6.54 Å². The van der Waals surface area contributed by atoms with Crippen molar-refractivity contribution in [2.45, 2.75) is 76.0 Å². The number of hydrogen-bond acceptors (Lipinski definition) is 8. The summed E-state index contributed by atoms with van der Waals surface area (Å²) in [5.74, 6) is 1.41. The third-order valence-corrected chi connectivity index (χ3v) is 7.46. The van der Waals surface area contributed by atoms with Gasteiger partial charge in [0.1, 0.15) is 0 Å². The molecule has 0 radical (unpaired) electrons. The SMILES string of the molecule is NC1CCC(Nc2nc(NCc3ccc(-c4ccccn4)nc3)c3ncn(C4CCCC4)c3n2)CC1. The van der Waals surface area contributed by atoms with Crippen LogP contribution in [0.4, 0.5) is 11.8 Å². The molecular weight excluding hydrogens is 450 g/mol. The van der Waals surface area contributed by atoms with Crippen LogP contribution in [0.15, 0.2) is 49.1 Å². The second-order valence-electron chi connectivity index (χ2n) is 10.0. The molecule has 186 valence electrons. The minimum atomic E-state index is 0.310. The molecule has 0 aromatic carbocycles. The van der Waals surface area contributed by atoms with Gasteiger partial charge in [0.15, 0.2) is 17.0 Å². The Hall–Kier alpha value is -3.59. The normalized spacial score (nSPS) is 20.6. The maximum Gasteiger partial charge on any atom is 0.227 e. The first-order valence-electron chi connectivity index (χ1n) is 13.1. The molecule has 9 heteroatoms. The van der Waals surface area contributed by atoms with Gasteiger partial charge < -0.3 is 20.9 Å². The quantitative estimate of drug-likeness (QED) is 0.346. The van der Waals surface area contributed by atoms with Crippen molar-refractivity contribution >= 4 is 22.9 Å². The third-order valence-electron chi connectivity index (χ3n) is 7.46. The average molecular weight is 484 g/mol. The number of pyridine rings is 2. The van der Waals surface area contributed by atoms with E-state index in [0.29, 0.717) is 30.6 Å². The molecule has 6 rings (SSSR count). The van der Waals surface area contributed by atoms with Crippen LogP contribution in [0.2, 0.25) is 0 Å². The van der Waals surface area contributed by atoms with Gasteiger partial charge in [-0.15, -0.1) is 0 Å². The van der Waals surface area contributed by atoms with Crippen LogP contribution in [0.1, 0.15) is 63.0 Å². The number of anilines is 2. The Morgan fingerprint density at radius 2 is 1.72 bits per heavy atom. The number of aromatic nitrogens is 6. The molecule has 0 unspecified atom stereocenters. The highest BCUT2D eigenvalue weighted by Gasteiger charge is 2.24. The first kappa shape index (κ1) is 22.8. The summed E-state index contributed by atoms with van der Waals surface area (Å²) in [5, 5.41) is 7.10. The Kier molecular flexibility index (Phi) is 6.46. The van der Waals surface area contributed by atoms with Crippen LogP contribution in [0.5, 0.6) is 0 Å². The number of hydrogen-bond donors (Lipinski definition) is 3. The van der Waals surface area contributed by atoms with E-state index in [0.717, 1.165) is 59.6 Å². The van der Waals surface area contributed by atoms with Crippen LogP contribution in [0.3, 0.4) is 0 Å². The van der Waals surface area contributed by atoms with Gasteiger partial charge in [-0.1, -0.05) is 25.0 Å². The molecule has 0 bridgehead atoms. The molecule has 2 saturated carbocycles.